The lowest BCUT2D eigenvalue weighted by Gasteiger charge is -2.24. The maximum absolute atomic E-state index is 6.26. The second-order valence-electron chi connectivity index (χ2n) is 5.53. The van der Waals surface area contributed by atoms with Crippen molar-refractivity contribution in [3.8, 4) is 5.75 Å². The topological polar surface area (TPSA) is 47.3 Å². The Bertz CT molecular complexity index is 346. The first kappa shape index (κ1) is 16.0. The van der Waals surface area contributed by atoms with Gasteiger partial charge in [0.15, 0.2) is 0 Å². The number of unbranched alkanes of at least 4 members (excludes halogenated alkanes) is 1. The molecule has 0 radical (unpaired) electrons. The lowest BCUT2D eigenvalue weighted by atomic mass is 9.92. The summed E-state index contributed by atoms with van der Waals surface area (Å²) in [7, 11) is 1.69. The molecule has 0 heterocycles. The fraction of sp³-hybridized carbons (Fsp3) is 0.625. The molecule has 0 amide bonds. The Hall–Kier alpha value is -1.06. The van der Waals surface area contributed by atoms with Crippen molar-refractivity contribution in [2.45, 2.75) is 51.6 Å². The van der Waals surface area contributed by atoms with Crippen LogP contribution in [0.3, 0.4) is 0 Å². The Morgan fingerprint density at radius 3 is 2.47 bits per heavy atom. The zero-order valence-electron chi connectivity index (χ0n) is 12.5. The maximum Gasteiger partial charge on any atom is 0.118 e. The van der Waals surface area contributed by atoms with Crippen molar-refractivity contribution >= 4 is 0 Å². The Morgan fingerprint density at radius 1 is 1.21 bits per heavy atom. The van der Waals surface area contributed by atoms with Gasteiger partial charge in [0.1, 0.15) is 5.75 Å². The van der Waals surface area contributed by atoms with E-state index in [9.17, 15) is 0 Å². The number of hydrogen-bond donors (Lipinski definition) is 2. The zero-order valence-corrected chi connectivity index (χ0v) is 12.5. The van der Waals surface area contributed by atoms with Gasteiger partial charge in [-0.3, -0.25) is 0 Å². The molecule has 0 aliphatic rings. The first-order valence-corrected chi connectivity index (χ1v) is 7.20. The predicted octanol–water partition coefficient (Wildman–Crippen LogP) is 3.08. The molecule has 0 fully saturated rings. The van der Waals surface area contributed by atoms with Gasteiger partial charge in [-0.1, -0.05) is 31.9 Å². The lowest BCUT2D eigenvalue weighted by Crippen LogP contribution is -2.39. The van der Waals surface area contributed by atoms with Gasteiger partial charge >= 0.3 is 0 Å². The minimum Gasteiger partial charge on any atom is -0.497 e. The monoisotopic (exact) mass is 264 g/mol. The Balaban J connectivity index is 2.22. The van der Waals surface area contributed by atoms with E-state index < -0.39 is 0 Å². The number of hydrogen-bond acceptors (Lipinski definition) is 3. The van der Waals surface area contributed by atoms with E-state index in [-0.39, 0.29) is 5.54 Å². The second kappa shape index (κ2) is 8.18. The minimum atomic E-state index is -0.0388. The molecule has 0 saturated heterocycles. The summed E-state index contributed by atoms with van der Waals surface area (Å²) in [6, 6.07) is 8.16. The van der Waals surface area contributed by atoms with E-state index in [1.165, 1.54) is 18.4 Å². The van der Waals surface area contributed by atoms with E-state index in [4.69, 9.17) is 10.5 Å². The third kappa shape index (κ3) is 6.60. The molecule has 1 atom stereocenters. The lowest BCUT2D eigenvalue weighted by molar-refractivity contribution is 0.378. The second-order valence-corrected chi connectivity index (χ2v) is 5.53. The molecule has 1 rings (SSSR count). The van der Waals surface area contributed by atoms with Crippen molar-refractivity contribution < 1.29 is 4.74 Å². The third-order valence-corrected chi connectivity index (χ3v) is 3.46. The highest BCUT2D eigenvalue weighted by atomic mass is 16.5. The molecule has 3 nitrogen and oxygen atoms in total. The minimum absolute atomic E-state index is 0.0388. The SMILES string of the molecule is CCCCC(C)(N)CCNCc1ccc(OC)cc1. The Morgan fingerprint density at radius 2 is 1.89 bits per heavy atom. The average molecular weight is 264 g/mol. The van der Waals surface area contributed by atoms with Crippen LogP contribution in [0.15, 0.2) is 24.3 Å². The molecular weight excluding hydrogens is 236 g/mol. The summed E-state index contributed by atoms with van der Waals surface area (Å²) < 4.78 is 5.14. The van der Waals surface area contributed by atoms with E-state index in [0.29, 0.717) is 0 Å². The molecule has 108 valence electrons. The molecule has 1 aromatic rings. The number of rotatable bonds is 9. The molecular formula is C16H28N2O. The van der Waals surface area contributed by atoms with E-state index in [1.54, 1.807) is 7.11 Å². The van der Waals surface area contributed by atoms with E-state index >= 15 is 0 Å². The van der Waals surface area contributed by atoms with Crippen LogP contribution in [-0.4, -0.2) is 19.2 Å². The van der Waals surface area contributed by atoms with Gasteiger partial charge < -0.3 is 15.8 Å². The molecule has 3 N–H and O–H groups in total. The van der Waals surface area contributed by atoms with Crippen molar-refractivity contribution in [2.24, 2.45) is 5.73 Å². The Kier molecular flexibility index (Phi) is 6.89. The molecule has 1 unspecified atom stereocenters. The van der Waals surface area contributed by atoms with E-state index in [2.05, 4.69) is 31.3 Å². The number of benzene rings is 1. The van der Waals surface area contributed by atoms with Crippen LogP contribution in [0.5, 0.6) is 5.75 Å². The molecule has 3 heteroatoms. The molecule has 0 aliphatic heterocycles. The highest BCUT2D eigenvalue weighted by Crippen LogP contribution is 2.14. The van der Waals surface area contributed by atoms with Gasteiger partial charge in [-0.2, -0.15) is 0 Å². The van der Waals surface area contributed by atoms with Crippen molar-refractivity contribution in [2.75, 3.05) is 13.7 Å². The van der Waals surface area contributed by atoms with Crippen LogP contribution in [-0.2, 0) is 6.54 Å². The summed E-state index contributed by atoms with van der Waals surface area (Å²) in [4.78, 5) is 0. The van der Waals surface area contributed by atoms with Crippen LogP contribution in [0.4, 0.5) is 0 Å². The van der Waals surface area contributed by atoms with Crippen molar-refractivity contribution in [1.82, 2.24) is 5.32 Å². The largest absolute Gasteiger partial charge is 0.497 e. The predicted molar refractivity (Wildman–Crippen MR) is 81.4 cm³/mol. The highest BCUT2D eigenvalue weighted by Gasteiger charge is 2.16. The molecule has 0 aromatic heterocycles. The van der Waals surface area contributed by atoms with Gasteiger partial charge in [0.2, 0.25) is 0 Å². The zero-order chi connectivity index (χ0) is 14.1. The number of ether oxygens (including phenoxy) is 1. The molecule has 0 aliphatic carbocycles. The summed E-state index contributed by atoms with van der Waals surface area (Å²) in [6.07, 6.45) is 4.55. The smallest absolute Gasteiger partial charge is 0.118 e. The summed E-state index contributed by atoms with van der Waals surface area (Å²) in [5.41, 5.74) is 7.50. The van der Waals surface area contributed by atoms with Crippen LogP contribution in [0.1, 0.15) is 45.1 Å². The fourth-order valence-corrected chi connectivity index (χ4v) is 2.06. The first-order chi connectivity index (χ1) is 9.07. The summed E-state index contributed by atoms with van der Waals surface area (Å²) in [6.45, 7) is 6.20. The number of methoxy groups -OCH3 is 1. The van der Waals surface area contributed by atoms with Crippen LogP contribution in [0, 0.1) is 0 Å². The normalized spacial score (nSPS) is 14.1. The van der Waals surface area contributed by atoms with Gasteiger partial charge in [0, 0.05) is 12.1 Å². The van der Waals surface area contributed by atoms with Crippen molar-refractivity contribution in [3.05, 3.63) is 29.8 Å². The standard InChI is InChI=1S/C16H28N2O/c1-4-5-10-16(2,17)11-12-18-13-14-6-8-15(19-3)9-7-14/h6-9,18H,4-5,10-13,17H2,1-3H3. The summed E-state index contributed by atoms with van der Waals surface area (Å²) in [5.74, 6) is 0.901. The van der Waals surface area contributed by atoms with Crippen molar-refractivity contribution in [3.63, 3.8) is 0 Å². The summed E-state index contributed by atoms with van der Waals surface area (Å²) >= 11 is 0. The summed E-state index contributed by atoms with van der Waals surface area (Å²) in [5, 5.41) is 3.45. The quantitative estimate of drug-likeness (QED) is 0.674. The number of nitrogens with one attached hydrogen (secondary N) is 1. The first-order valence-electron chi connectivity index (χ1n) is 7.20. The van der Waals surface area contributed by atoms with Crippen LogP contribution in [0.25, 0.3) is 0 Å². The number of nitrogens with two attached hydrogens (primary N) is 1. The van der Waals surface area contributed by atoms with Crippen LogP contribution < -0.4 is 15.8 Å². The van der Waals surface area contributed by atoms with Gasteiger partial charge in [-0.25, -0.2) is 0 Å². The molecule has 1 aromatic carbocycles. The van der Waals surface area contributed by atoms with Gasteiger partial charge in [-0.15, -0.1) is 0 Å². The van der Waals surface area contributed by atoms with Gasteiger partial charge in [-0.05, 0) is 44.0 Å². The molecule has 0 saturated carbocycles. The molecule has 19 heavy (non-hydrogen) atoms. The van der Waals surface area contributed by atoms with Crippen LogP contribution >= 0.6 is 0 Å². The maximum atomic E-state index is 6.26. The highest BCUT2D eigenvalue weighted by molar-refractivity contribution is 5.26. The molecule has 0 bridgehead atoms. The van der Waals surface area contributed by atoms with E-state index in [1.807, 2.05) is 12.1 Å². The van der Waals surface area contributed by atoms with E-state index in [0.717, 1.165) is 31.7 Å². The Labute approximate surface area is 117 Å². The van der Waals surface area contributed by atoms with Crippen LogP contribution in [0.2, 0.25) is 0 Å². The van der Waals surface area contributed by atoms with Gasteiger partial charge in [0.05, 0.1) is 7.11 Å². The van der Waals surface area contributed by atoms with Crippen molar-refractivity contribution in [1.29, 1.82) is 0 Å². The molecule has 0 spiro atoms. The third-order valence-electron chi connectivity index (χ3n) is 3.46. The fourth-order valence-electron chi connectivity index (χ4n) is 2.06. The van der Waals surface area contributed by atoms with Gasteiger partial charge in [0.25, 0.3) is 0 Å². The average Bonchev–Trinajstić information content (AvgIpc) is 2.42.